The Hall–Kier alpha value is -2.42. The lowest BCUT2D eigenvalue weighted by Gasteiger charge is -2.13. The molecule has 0 aliphatic heterocycles. The highest BCUT2D eigenvalue weighted by molar-refractivity contribution is 5.80. The molecule has 1 heterocycles. The van der Waals surface area contributed by atoms with Gasteiger partial charge in [-0.3, -0.25) is 9.36 Å². The van der Waals surface area contributed by atoms with Crippen LogP contribution in [0, 0.1) is 6.92 Å². The van der Waals surface area contributed by atoms with Crippen molar-refractivity contribution < 1.29 is 0 Å². The minimum atomic E-state index is 0.0457. The SMILES string of the molecule is CCc1nc2c(C)cccc2c(=O)n1Cc1ccccc1. The lowest BCUT2D eigenvalue weighted by molar-refractivity contribution is 0.686. The van der Waals surface area contributed by atoms with Gasteiger partial charge in [0, 0.05) is 6.42 Å². The van der Waals surface area contributed by atoms with Gasteiger partial charge >= 0.3 is 0 Å². The van der Waals surface area contributed by atoms with E-state index in [0.29, 0.717) is 11.9 Å². The van der Waals surface area contributed by atoms with Crippen LogP contribution in [-0.4, -0.2) is 9.55 Å². The smallest absolute Gasteiger partial charge is 0.261 e. The van der Waals surface area contributed by atoms with E-state index in [4.69, 9.17) is 4.98 Å². The summed E-state index contributed by atoms with van der Waals surface area (Å²) >= 11 is 0. The fourth-order valence-corrected chi connectivity index (χ4v) is 2.63. The molecule has 0 saturated heterocycles. The van der Waals surface area contributed by atoms with E-state index in [0.717, 1.165) is 28.9 Å². The van der Waals surface area contributed by atoms with Gasteiger partial charge in [-0.25, -0.2) is 4.98 Å². The molecule has 0 atom stereocenters. The summed E-state index contributed by atoms with van der Waals surface area (Å²) in [6.45, 7) is 4.60. The van der Waals surface area contributed by atoms with Crippen LogP contribution in [0.5, 0.6) is 0 Å². The van der Waals surface area contributed by atoms with E-state index in [2.05, 4.69) is 0 Å². The average Bonchev–Trinajstić information content (AvgIpc) is 2.51. The maximum atomic E-state index is 12.8. The van der Waals surface area contributed by atoms with Crippen molar-refractivity contribution in [3.05, 3.63) is 75.8 Å². The number of fused-ring (bicyclic) bond motifs is 1. The van der Waals surface area contributed by atoms with Crippen molar-refractivity contribution in [3.63, 3.8) is 0 Å². The molecular weight excluding hydrogens is 260 g/mol. The predicted octanol–water partition coefficient (Wildman–Crippen LogP) is 3.32. The van der Waals surface area contributed by atoms with E-state index in [1.54, 1.807) is 4.57 Å². The quantitative estimate of drug-likeness (QED) is 0.736. The Morgan fingerprint density at radius 3 is 2.52 bits per heavy atom. The van der Waals surface area contributed by atoms with E-state index >= 15 is 0 Å². The van der Waals surface area contributed by atoms with Gasteiger partial charge in [0.25, 0.3) is 5.56 Å². The van der Waals surface area contributed by atoms with Gasteiger partial charge in [-0.2, -0.15) is 0 Å². The molecule has 0 saturated carbocycles. The number of rotatable bonds is 3. The fraction of sp³-hybridized carbons (Fsp3) is 0.222. The van der Waals surface area contributed by atoms with E-state index in [1.807, 2.05) is 62.4 Å². The van der Waals surface area contributed by atoms with Gasteiger partial charge in [0.2, 0.25) is 0 Å². The molecule has 0 aliphatic rings. The Morgan fingerprint density at radius 1 is 1.05 bits per heavy atom. The minimum Gasteiger partial charge on any atom is -0.292 e. The molecule has 0 spiro atoms. The normalized spacial score (nSPS) is 11.0. The minimum absolute atomic E-state index is 0.0457. The van der Waals surface area contributed by atoms with Crippen molar-refractivity contribution in [2.24, 2.45) is 0 Å². The highest BCUT2D eigenvalue weighted by Crippen LogP contribution is 2.14. The zero-order valence-corrected chi connectivity index (χ0v) is 12.3. The summed E-state index contributed by atoms with van der Waals surface area (Å²) in [5.74, 6) is 0.839. The standard InChI is InChI=1S/C18H18N2O/c1-3-16-19-17-13(2)8-7-11-15(17)18(21)20(16)12-14-9-5-4-6-10-14/h4-11H,3,12H2,1-2H3. The molecule has 0 fully saturated rings. The molecule has 2 aromatic carbocycles. The zero-order chi connectivity index (χ0) is 14.8. The highest BCUT2D eigenvalue weighted by atomic mass is 16.1. The average molecular weight is 278 g/mol. The third-order valence-corrected chi connectivity index (χ3v) is 3.77. The van der Waals surface area contributed by atoms with Gasteiger partial charge in [-0.05, 0) is 24.1 Å². The summed E-state index contributed by atoms with van der Waals surface area (Å²) in [5, 5.41) is 0.697. The van der Waals surface area contributed by atoms with Gasteiger partial charge < -0.3 is 0 Å². The summed E-state index contributed by atoms with van der Waals surface area (Å²) in [4.78, 5) is 17.5. The summed E-state index contributed by atoms with van der Waals surface area (Å²) in [6.07, 6.45) is 0.742. The van der Waals surface area contributed by atoms with Crippen LogP contribution in [0.2, 0.25) is 0 Å². The first-order valence-electron chi connectivity index (χ1n) is 7.23. The second-order valence-corrected chi connectivity index (χ2v) is 5.23. The van der Waals surface area contributed by atoms with Crippen LogP contribution in [0.3, 0.4) is 0 Å². The first kappa shape index (κ1) is 13.6. The Balaban J connectivity index is 2.22. The highest BCUT2D eigenvalue weighted by Gasteiger charge is 2.11. The van der Waals surface area contributed by atoms with Gasteiger partial charge in [0.1, 0.15) is 5.82 Å². The largest absolute Gasteiger partial charge is 0.292 e. The third kappa shape index (κ3) is 2.47. The summed E-state index contributed by atoms with van der Waals surface area (Å²) in [7, 11) is 0. The molecule has 3 heteroatoms. The molecule has 0 amide bonds. The third-order valence-electron chi connectivity index (χ3n) is 3.77. The number of aromatic nitrogens is 2. The van der Waals surface area contributed by atoms with Crippen molar-refractivity contribution in [2.75, 3.05) is 0 Å². The van der Waals surface area contributed by atoms with Crippen molar-refractivity contribution in [1.29, 1.82) is 0 Å². The molecule has 0 N–H and O–H groups in total. The van der Waals surface area contributed by atoms with Crippen LogP contribution in [0.4, 0.5) is 0 Å². The van der Waals surface area contributed by atoms with E-state index in [-0.39, 0.29) is 5.56 Å². The topological polar surface area (TPSA) is 34.9 Å². The molecule has 0 unspecified atom stereocenters. The van der Waals surface area contributed by atoms with Crippen LogP contribution in [0.15, 0.2) is 53.3 Å². The number of benzene rings is 2. The van der Waals surface area contributed by atoms with Crippen molar-refractivity contribution in [3.8, 4) is 0 Å². The van der Waals surface area contributed by atoms with Crippen LogP contribution >= 0.6 is 0 Å². The van der Waals surface area contributed by atoms with E-state index in [1.165, 1.54) is 0 Å². The molecule has 106 valence electrons. The van der Waals surface area contributed by atoms with Crippen molar-refractivity contribution in [2.45, 2.75) is 26.8 Å². The van der Waals surface area contributed by atoms with Crippen LogP contribution in [0.1, 0.15) is 23.9 Å². The predicted molar refractivity (Wildman–Crippen MR) is 85.7 cm³/mol. The van der Waals surface area contributed by atoms with Gasteiger partial charge in [-0.15, -0.1) is 0 Å². The Bertz CT molecular complexity index is 835. The summed E-state index contributed by atoms with van der Waals surface area (Å²) in [6, 6.07) is 15.8. The number of aryl methyl sites for hydroxylation is 2. The molecule has 0 aliphatic carbocycles. The molecule has 3 aromatic rings. The first-order chi connectivity index (χ1) is 10.2. The monoisotopic (exact) mass is 278 g/mol. The van der Waals surface area contributed by atoms with Gasteiger partial charge in [0.05, 0.1) is 17.4 Å². The van der Waals surface area contributed by atoms with Crippen LogP contribution in [-0.2, 0) is 13.0 Å². The summed E-state index contributed by atoms with van der Waals surface area (Å²) < 4.78 is 1.79. The summed E-state index contributed by atoms with van der Waals surface area (Å²) in [5.41, 5.74) is 3.03. The maximum Gasteiger partial charge on any atom is 0.261 e. The Kier molecular flexibility index (Phi) is 3.57. The number of para-hydroxylation sites is 1. The zero-order valence-electron chi connectivity index (χ0n) is 12.3. The van der Waals surface area contributed by atoms with Gasteiger partial charge in [-0.1, -0.05) is 49.4 Å². The molecular formula is C18H18N2O. The van der Waals surface area contributed by atoms with Crippen LogP contribution in [0.25, 0.3) is 10.9 Å². The van der Waals surface area contributed by atoms with Crippen molar-refractivity contribution >= 4 is 10.9 Å². The second-order valence-electron chi connectivity index (χ2n) is 5.23. The Labute approximate surface area is 123 Å². The van der Waals surface area contributed by atoms with Gasteiger partial charge in [0.15, 0.2) is 0 Å². The fourth-order valence-electron chi connectivity index (χ4n) is 2.63. The van der Waals surface area contributed by atoms with E-state index in [9.17, 15) is 4.79 Å². The molecule has 1 aromatic heterocycles. The lowest BCUT2D eigenvalue weighted by atomic mass is 10.1. The number of nitrogens with zero attached hydrogens (tertiary/aromatic N) is 2. The van der Waals surface area contributed by atoms with Crippen LogP contribution < -0.4 is 5.56 Å². The number of hydrogen-bond acceptors (Lipinski definition) is 2. The number of hydrogen-bond donors (Lipinski definition) is 0. The molecule has 21 heavy (non-hydrogen) atoms. The molecule has 3 nitrogen and oxygen atoms in total. The van der Waals surface area contributed by atoms with E-state index < -0.39 is 0 Å². The first-order valence-corrected chi connectivity index (χ1v) is 7.23. The molecule has 3 rings (SSSR count). The maximum absolute atomic E-state index is 12.8. The van der Waals surface area contributed by atoms with Crippen molar-refractivity contribution in [1.82, 2.24) is 9.55 Å². The molecule has 0 radical (unpaired) electrons. The Morgan fingerprint density at radius 2 is 1.81 bits per heavy atom. The lowest BCUT2D eigenvalue weighted by Crippen LogP contribution is -2.26. The molecule has 0 bridgehead atoms. The second kappa shape index (κ2) is 5.52.